The van der Waals surface area contributed by atoms with Gasteiger partial charge in [-0.3, -0.25) is 0 Å². The molecule has 2 rings (SSSR count). The number of quaternary nitrogens is 1. The zero-order valence-electron chi connectivity index (χ0n) is 12.6. The summed E-state index contributed by atoms with van der Waals surface area (Å²) in [7, 11) is 0. The van der Waals surface area contributed by atoms with E-state index in [1.165, 1.54) is 19.9 Å². The van der Waals surface area contributed by atoms with E-state index in [0.717, 1.165) is 18.5 Å². The lowest BCUT2D eigenvalue weighted by atomic mass is 9.85. The Morgan fingerprint density at radius 3 is 2.85 bits per heavy atom. The van der Waals surface area contributed by atoms with Crippen molar-refractivity contribution in [3.63, 3.8) is 0 Å². The van der Waals surface area contributed by atoms with Crippen LogP contribution in [0.3, 0.4) is 0 Å². The van der Waals surface area contributed by atoms with E-state index in [2.05, 4.69) is 6.08 Å². The largest absolute Gasteiger partial charge is 0.459 e. The van der Waals surface area contributed by atoms with E-state index in [1.54, 1.807) is 18.7 Å². The fourth-order valence-electron chi connectivity index (χ4n) is 3.32. The molecule has 5 nitrogen and oxygen atoms in total. The highest BCUT2D eigenvalue weighted by molar-refractivity contribution is 5.80. The maximum atomic E-state index is 12.1. The summed E-state index contributed by atoms with van der Waals surface area (Å²) >= 11 is 0. The summed E-state index contributed by atoms with van der Waals surface area (Å²) in [5, 5.41) is 20.0. The van der Waals surface area contributed by atoms with Crippen LogP contribution in [0.5, 0.6) is 0 Å². The summed E-state index contributed by atoms with van der Waals surface area (Å²) in [5.41, 5.74) is -0.677. The van der Waals surface area contributed by atoms with Gasteiger partial charge in [0, 0.05) is 18.4 Å². The molecule has 0 aromatic carbocycles. The van der Waals surface area contributed by atoms with Crippen molar-refractivity contribution >= 4 is 5.97 Å². The Morgan fingerprint density at radius 1 is 1.55 bits per heavy atom. The van der Waals surface area contributed by atoms with Crippen molar-refractivity contribution in [1.29, 1.82) is 0 Å². The zero-order chi connectivity index (χ0) is 14.9. The molecule has 0 spiro atoms. The second-order valence-electron chi connectivity index (χ2n) is 6.32. The average Bonchev–Trinajstić information content (AvgIpc) is 2.97. The number of esters is 1. The van der Waals surface area contributed by atoms with Gasteiger partial charge in [0.1, 0.15) is 12.6 Å². The first-order valence-electron chi connectivity index (χ1n) is 7.48. The van der Waals surface area contributed by atoms with Gasteiger partial charge < -0.3 is 19.8 Å². The predicted octanol–water partition coefficient (Wildman–Crippen LogP) is -0.715. The number of nitrogens with one attached hydrogen (secondary N) is 1. The molecule has 5 heteroatoms. The number of carbonyl (C=O) groups excluding carboxylic acids is 1. The minimum absolute atomic E-state index is 0.231. The van der Waals surface area contributed by atoms with Crippen molar-refractivity contribution in [2.75, 3.05) is 19.7 Å². The number of rotatable bonds is 5. The molecule has 2 aliphatic rings. The Hall–Kier alpha value is -0.910. The molecule has 4 atom stereocenters. The number of hydrogen-bond acceptors (Lipinski definition) is 4. The van der Waals surface area contributed by atoms with E-state index in [-0.39, 0.29) is 6.61 Å². The van der Waals surface area contributed by atoms with Gasteiger partial charge in [0.2, 0.25) is 0 Å². The number of aliphatic hydroxyl groups is 2. The maximum absolute atomic E-state index is 12.1. The first-order chi connectivity index (χ1) is 9.37. The van der Waals surface area contributed by atoms with Crippen molar-refractivity contribution in [2.45, 2.75) is 51.4 Å². The molecule has 0 bridgehead atoms. The molecular weight excluding hydrogens is 258 g/mol. The van der Waals surface area contributed by atoms with E-state index in [4.69, 9.17) is 4.74 Å². The Kier molecular flexibility index (Phi) is 4.52. The number of fused-ring (bicyclic) bond motifs is 1. The van der Waals surface area contributed by atoms with Gasteiger partial charge in [0.15, 0.2) is 5.60 Å². The minimum atomic E-state index is -1.83. The van der Waals surface area contributed by atoms with E-state index >= 15 is 0 Å². The Labute approximate surface area is 120 Å². The van der Waals surface area contributed by atoms with Crippen LogP contribution in [0.15, 0.2) is 11.6 Å². The number of carbonyl (C=O) groups is 1. The fourth-order valence-corrected chi connectivity index (χ4v) is 3.32. The normalized spacial score (nSPS) is 29.8. The molecule has 0 amide bonds. The summed E-state index contributed by atoms with van der Waals surface area (Å²) in [4.78, 5) is 13.7. The lowest BCUT2D eigenvalue weighted by Gasteiger charge is -2.32. The van der Waals surface area contributed by atoms with Gasteiger partial charge in [-0.05, 0) is 18.9 Å². The topological polar surface area (TPSA) is 71.2 Å². The van der Waals surface area contributed by atoms with Gasteiger partial charge in [-0.1, -0.05) is 13.8 Å². The van der Waals surface area contributed by atoms with Gasteiger partial charge in [-0.15, -0.1) is 0 Å². The Bertz CT molecular complexity index is 395. The summed E-state index contributed by atoms with van der Waals surface area (Å²) < 4.78 is 5.29. The van der Waals surface area contributed by atoms with Gasteiger partial charge in [0.05, 0.1) is 19.2 Å². The van der Waals surface area contributed by atoms with Crippen LogP contribution in [0.25, 0.3) is 0 Å². The van der Waals surface area contributed by atoms with Crippen LogP contribution >= 0.6 is 0 Å². The number of ether oxygens (including phenoxy) is 1. The second-order valence-corrected chi connectivity index (χ2v) is 6.32. The molecule has 1 unspecified atom stereocenters. The highest BCUT2D eigenvalue weighted by Gasteiger charge is 2.46. The van der Waals surface area contributed by atoms with E-state index in [1.807, 2.05) is 0 Å². The lowest BCUT2D eigenvalue weighted by Crippen LogP contribution is -3.12. The van der Waals surface area contributed by atoms with Crippen molar-refractivity contribution in [2.24, 2.45) is 5.92 Å². The lowest BCUT2D eigenvalue weighted by molar-refractivity contribution is -0.895. The molecule has 114 valence electrons. The molecule has 1 fully saturated rings. The molecule has 2 heterocycles. The molecule has 1 saturated heterocycles. The molecule has 2 aliphatic heterocycles. The van der Waals surface area contributed by atoms with Crippen LogP contribution in [0.1, 0.15) is 33.6 Å². The standard InChI is InChI=1S/C15H25NO4/c1-10(2)15(19,11(3)17)14(18)20-9-12-6-8-16-7-4-5-13(12)16/h6,10-11,13,17,19H,4-5,7-9H2,1-3H3/p+1/t11-,13+,15+/m1/s1. The summed E-state index contributed by atoms with van der Waals surface area (Å²) in [6.45, 7) is 7.23. The summed E-state index contributed by atoms with van der Waals surface area (Å²) in [5.74, 6) is -1.13. The third-order valence-corrected chi connectivity index (χ3v) is 4.77. The van der Waals surface area contributed by atoms with Crippen molar-refractivity contribution in [1.82, 2.24) is 0 Å². The highest BCUT2D eigenvalue weighted by atomic mass is 16.6. The third-order valence-electron chi connectivity index (χ3n) is 4.77. The maximum Gasteiger partial charge on any atom is 0.341 e. The van der Waals surface area contributed by atoms with E-state index in [0.29, 0.717) is 6.04 Å². The Morgan fingerprint density at radius 2 is 2.25 bits per heavy atom. The molecular formula is C15H26NO4+. The number of hydrogen-bond donors (Lipinski definition) is 3. The smallest absolute Gasteiger partial charge is 0.341 e. The summed E-state index contributed by atoms with van der Waals surface area (Å²) in [6.07, 6.45) is 3.35. The predicted molar refractivity (Wildman–Crippen MR) is 74.2 cm³/mol. The molecule has 0 radical (unpaired) electrons. The van der Waals surface area contributed by atoms with Crippen LogP contribution in [0.4, 0.5) is 0 Å². The molecule has 3 N–H and O–H groups in total. The SMILES string of the molecule is CC(C)[C@@](O)(C(=O)OCC1=CC[NH+]2CCC[C@@H]12)[C@@H](C)O. The van der Waals surface area contributed by atoms with Crippen molar-refractivity contribution in [3.05, 3.63) is 11.6 Å². The van der Waals surface area contributed by atoms with Crippen molar-refractivity contribution < 1.29 is 24.6 Å². The van der Waals surface area contributed by atoms with Crippen LogP contribution < -0.4 is 4.90 Å². The fraction of sp³-hybridized carbons (Fsp3) is 0.800. The Balaban J connectivity index is 1.95. The first kappa shape index (κ1) is 15.5. The quantitative estimate of drug-likeness (QED) is 0.460. The highest BCUT2D eigenvalue weighted by Crippen LogP contribution is 2.24. The monoisotopic (exact) mass is 284 g/mol. The minimum Gasteiger partial charge on any atom is -0.459 e. The van der Waals surface area contributed by atoms with E-state index in [9.17, 15) is 15.0 Å². The van der Waals surface area contributed by atoms with Gasteiger partial charge in [-0.2, -0.15) is 0 Å². The zero-order valence-corrected chi connectivity index (χ0v) is 12.6. The number of aliphatic hydroxyl groups excluding tert-OH is 1. The molecule has 0 saturated carbocycles. The average molecular weight is 284 g/mol. The van der Waals surface area contributed by atoms with E-state index < -0.39 is 23.6 Å². The molecule has 20 heavy (non-hydrogen) atoms. The first-order valence-corrected chi connectivity index (χ1v) is 7.48. The third kappa shape index (κ3) is 2.62. The van der Waals surface area contributed by atoms with Gasteiger partial charge in [0.25, 0.3) is 0 Å². The molecule has 0 aliphatic carbocycles. The van der Waals surface area contributed by atoms with Crippen molar-refractivity contribution in [3.8, 4) is 0 Å². The van der Waals surface area contributed by atoms with Crippen LogP contribution in [0, 0.1) is 5.92 Å². The van der Waals surface area contributed by atoms with Crippen LogP contribution in [0.2, 0.25) is 0 Å². The molecule has 0 aromatic rings. The second kappa shape index (κ2) is 5.84. The van der Waals surface area contributed by atoms with Crippen LogP contribution in [-0.2, 0) is 9.53 Å². The van der Waals surface area contributed by atoms with Gasteiger partial charge in [-0.25, -0.2) is 4.79 Å². The summed E-state index contributed by atoms with van der Waals surface area (Å²) in [6, 6.07) is 0.474. The molecule has 0 aromatic heterocycles. The van der Waals surface area contributed by atoms with Crippen LogP contribution in [-0.4, -0.2) is 53.6 Å². The van der Waals surface area contributed by atoms with Gasteiger partial charge >= 0.3 is 5.97 Å².